The molecule has 1 atom stereocenters. The molecule has 0 amide bonds. The third-order valence-corrected chi connectivity index (χ3v) is 4.60. The summed E-state index contributed by atoms with van der Waals surface area (Å²) in [6.07, 6.45) is -0.705. The van der Waals surface area contributed by atoms with Gasteiger partial charge in [0.15, 0.2) is 0 Å². The average Bonchev–Trinajstić information content (AvgIpc) is 2.36. The molecule has 3 heteroatoms. The molecular weight excluding hydrogens is 324 g/mol. The smallest absolute Gasteiger partial charge is 0.106 e. The summed E-state index contributed by atoms with van der Waals surface area (Å²) >= 11 is 9.73. The van der Waals surface area contributed by atoms with Crippen molar-refractivity contribution < 1.29 is 5.11 Å². The first-order valence-corrected chi connectivity index (χ1v) is 7.28. The van der Waals surface area contributed by atoms with Gasteiger partial charge in [0, 0.05) is 15.1 Å². The van der Waals surface area contributed by atoms with Crippen LogP contribution in [0.15, 0.2) is 34.8 Å². The number of hydrogen-bond acceptors (Lipinski definition) is 1. The van der Waals surface area contributed by atoms with Crippen LogP contribution in [0.25, 0.3) is 0 Å². The van der Waals surface area contributed by atoms with Crippen molar-refractivity contribution >= 4 is 27.5 Å². The molecule has 19 heavy (non-hydrogen) atoms. The van der Waals surface area contributed by atoms with Gasteiger partial charge in [0.25, 0.3) is 0 Å². The van der Waals surface area contributed by atoms with Crippen molar-refractivity contribution in [2.75, 3.05) is 0 Å². The summed E-state index contributed by atoms with van der Waals surface area (Å²) in [7, 11) is 0. The quantitative estimate of drug-likeness (QED) is 0.806. The highest BCUT2D eigenvalue weighted by Gasteiger charge is 2.15. The van der Waals surface area contributed by atoms with Gasteiger partial charge in [-0.3, -0.25) is 0 Å². The van der Waals surface area contributed by atoms with E-state index in [9.17, 15) is 5.11 Å². The molecule has 0 aliphatic heterocycles. The fourth-order valence-corrected chi connectivity index (χ4v) is 2.69. The minimum absolute atomic E-state index is 0.604. The predicted molar refractivity (Wildman–Crippen MR) is 83.9 cm³/mol. The van der Waals surface area contributed by atoms with E-state index in [-0.39, 0.29) is 0 Å². The third kappa shape index (κ3) is 3.02. The average molecular weight is 340 g/mol. The Bertz CT molecular complexity index is 622. The molecule has 0 saturated heterocycles. The highest BCUT2D eigenvalue weighted by molar-refractivity contribution is 9.10. The Balaban J connectivity index is 2.46. The number of hydrogen-bond donors (Lipinski definition) is 1. The highest BCUT2D eigenvalue weighted by atomic mass is 79.9. The maximum Gasteiger partial charge on any atom is 0.106 e. The van der Waals surface area contributed by atoms with Gasteiger partial charge in [-0.1, -0.05) is 45.7 Å². The normalized spacial score (nSPS) is 12.5. The maximum absolute atomic E-state index is 10.5. The molecule has 1 N–H and O–H groups in total. The van der Waals surface area contributed by atoms with E-state index in [1.807, 2.05) is 51.1 Å². The maximum atomic E-state index is 10.5. The Kier molecular flexibility index (Phi) is 4.34. The zero-order chi connectivity index (χ0) is 14.2. The molecule has 0 radical (unpaired) electrons. The van der Waals surface area contributed by atoms with Gasteiger partial charge in [0.2, 0.25) is 0 Å². The number of aliphatic hydroxyl groups is 1. The summed E-state index contributed by atoms with van der Waals surface area (Å²) < 4.78 is 0.990. The fraction of sp³-hybridized carbons (Fsp3) is 0.250. The molecule has 0 aromatic heterocycles. The number of halogens is 2. The summed E-state index contributed by atoms with van der Waals surface area (Å²) in [4.78, 5) is 0. The van der Waals surface area contributed by atoms with Crippen LogP contribution in [0.2, 0.25) is 5.02 Å². The van der Waals surface area contributed by atoms with Gasteiger partial charge in [0.1, 0.15) is 6.10 Å². The van der Waals surface area contributed by atoms with E-state index >= 15 is 0 Å². The van der Waals surface area contributed by atoms with E-state index in [0.29, 0.717) is 5.02 Å². The molecule has 0 bridgehead atoms. The van der Waals surface area contributed by atoms with Crippen LogP contribution in [0.1, 0.15) is 33.9 Å². The second-order valence-electron chi connectivity index (χ2n) is 4.87. The monoisotopic (exact) mass is 338 g/mol. The highest BCUT2D eigenvalue weighted by Crippen LogP contribution is 2.32. The van der Waals surface area contributed by atoms with Gasteiger partial charge >= 0.3 is 0 Å². The fourth-order valence-electron chi connectivity index (χ4n) is 1.97. The van der Waals surface area contributed by atoms with E-state index in [4.69, 9.17) is 11.6 Å². The standard InChI is InChI=1S/C16H16BrClO/c1-9-4-5-12(8-14(9)17)16(19)13-6-10(2)11(3)7-15(13)18/h4-8,16,19H,1-3H3. The molecule has 2 aromatic rings. The van der Waals surface area contributed by atoms with E-state index in [2.05, 4.69) is 15.9 Å². The predicted octanol–water partition coefficient (Wildman–Crippen LogP) is 5.11. The minimum atomic E-state index is -0.705. The minimum Gasteiger partial charge on any atom is -0.384 e. The van der Waals surface area contributed by atoms with Crippen molar-refractivity contribution in [1.29, 1.82) is 0 Å². The lowest BCUT2D eigenvalue weighted by Gasteiger charge is -2.16. The van der Waals surface area contributed by atoms with Crippen LogP contribution in [-0.2, 0) is 0 Å². The van der Waals surface area contributed by atoms with Crippen molar-refractivity contribution in [1.82, 2.24) is 0 Å². The summed E-state index contributed by atoms with van der Waals surface area (Å²) in [6, 6.07) is 9.70. The van der Waals surface area contributed by atoms with Gasteiger partial charge in [-0.05, 0) is 55.2 Å². The van der Waals surface area contributed by atoms with Crippen molar-refractivity contribution in [3.05, 3.63) is 67.6 Å². The number of rotatable bonds is 2. The first-order valence-electron chi connectivity index (χ1n) is 6.11. The van der Waals surface area contributed by atoms with Crippen molar-refractivity contribution in [2.24, 2.45) is 0 Å². The molecule has 0 saturated carbocycles. The molecule has 2 rings (SSSR count). The second-order valence-corrected chi connectivity index (χ2v) is 6.13. The summed E-state index contributed by atoms with van der Waals surface area (Å²) in [5.74, 6) is 0. The lowest BCUT2D eigenvalue weighted by atomic mass is 9.97. The van der Waals surface area contributed by atoms with E-state index in [0.717, 1.165) is 32.3 Å². The summed E-state index contributed by atoms with van der Waals surface area (Å²) in [5, 5.41) is 11.1. The van der Waals surface area contributed by atoms with Gasteiger partial charge in [-0.2, -0.15) is 0 Å². The van der Waals surface area contributed by atoms with Gasteiger partial charge in [0.05, 0.1) is 0 Å². The molecule has 100 valence electrons. The van der Waals surface area contributed by atoms with Crippen LogP contribution in [0.4, 0.5) is 0 Å². The van der Waals surface area contributed by atoms with Crippen LogP contribution < -0.4 is 0 Å². The largest absolute Gasteiger partial charge is 0.384 e. The number of benzene rings is 2. The molecular formula is C16H16BrClO. The van der Waals surface area contributed by atoms with Crippen molar-refractivity contribution in [3.8, 4) is 0 Å². The lowest BCUT2D eigenvalue weighted by Crippen LogP contribution is -2.02. The Morgan fingerprint density at radius 1 is 1.00 bits per heavy atom. The van der Waals surface area contributed by atoms with E-state index in [1.54, 1.807) is 0 Å². The van der Waals surface area contributed by atoms with Crippen LogP contribution in [-0.4, -0.2) is 5.11 Å². The summed E-state index contributed by atoms with van der Waals surface area (Å²) in [5.41, 5.74) is 4.99. The summed E-state index contributed by atoms with van der Waals surface area (Å²) in [6.45, 7) is 6.05. The number of aliphatic hydroxyl groups excluding tert-OH is 1. The van der Waals surface area contributed by atoms with Gasteiger partial charge in [-0.15, -0.1) is 0 Å². The Morgan fingerprint density at radius 2 is 1.63 bits per heavy atom. The van der Waals surface area contributed by atoms with Crippen LogP contribution >= 0.6 is 27.5 Å². The zero-order valence-corrected chi connectivity index (χ0v) is 13.5. The van der Waals surface area contributed by atoms with Crippen molar-refractivity contribution in [2.45, 2.75) is 26.9 Å². The van der Waals surface area contributed by atoms with E-state index < -0.39 is 6.10 Å². The molecule has 1 unspecified atom stereocenters. The Morgan fingerprint density at radius 3 is 2.26 bits per heavy atom. The molecule has 0 aliphatic rings. The molecule has 1 nitrogen and oxygen atoms in total. The Hall–Kier alpha value is -0.830. The van der Waals surface area contributed by atoms with E-state index in [1.165, 1.54) is 0 Å². The number of aryl methyl sites for hydroxylation is 3. The molecule has 2 aromatic carbocycles. The van der Waals surface area contributed by atoms with Crippen LogP contribution in [0, 0.1) is 20.8 Å². The first kappa shape index (κ1) is 14.6. The molecule has 0 spiro atoms. The zero-order valence-electron chi connectivity index (χ0n) is 11.2. The first-order chi connectivity index (χ1) is 8.90. The second kappa shape index (κ2) is 5.66. The molecule has 0 aliphatic carbocycles. The van der Waals surface area contributed by atoms with Crippen LogP contribution in [0.5, 0.6) is 0 Å². The van der Waals surface area contributed by atoms with Crippen LogP contribution in [0.3, 0.4) is 0 Å². The Labute approximate surface area is 127 Å². The third-order valence-electron chi connectivity index (χ3n) is 3.42. The molecule has 0 heterocycles. The SMILES string of the molecule is Cc1cc(Cl)c(C(O)c2ccc(C)c(Br)c2)cc1C. The van der Waals surface area contributed by atoms with Gasteiger partial charge < -0.3 is 5.11 Å². The lowest BCUT2D eigenvalue weighted by molar-refractivity contribution is 0.220. The van der Waals surface area contributed by atoms with Gasteiger partial charge in [-0.25, -0.2) is 0 Å². The topological polar surface area (TPSA) is 20.2 Å². The van der Waals surface area contributed by atoms with Crippen molar-refractivity contribution in [3.63, 3.8) is 0 Å². The molecule has 0 fully saturated rings.